The number of nitrogens with zero attached hydrogens (tertiary/aromatic N) is 1. The highest BCUT2D eigenvalue weighted by molar-refractivity contribution is 6.00. The third-order valence-electron chi connectivity index (χ3n) is 3.17. The van der Waals surface area contributed by atoms with Crippen LogP contribution in [-0.2, 0) is 0 Å². The van der Waals surface area contributed by atoms with E-state index in [-0.39, 0.29) is 29.7 Å². The van der Waals surface area contributed by atoms with Crippen LogP contribution in [0.1, 0.15) is 23.2 Å². The standard InChI is InChI=1S/C13H17FN2O2/c14-9-3-4-12(17)11(6-9)13(18)8-16-5-1-2-10(15)7-16/h3-4,6,10,17H,1-2,5,7-8,15H2. The number of hydrogen-bond acceptors (Lipinski definition) is 4. The average molecular weight is 252 g/mol. The minimum Gasteiger partial charge on any atom is -0.507 e. The average Bonchev–Trinajstić information content (AvgIpc) is 2.32. The molecule has 2 rings (SSSR count). The number of hydrogen-bond donors (Lipinski definition) is 2. The van der Waals surface area contributed by atoms with Crippen molar-refractivity contribution in [1.29, 1.82) is 0 Å². The number of aromatic hydroxyl groups is 1. The van der Waals surface area contributed by atoms with Crippen molar-refractivity contribution in [3.63, 3.8) is 0 Å². The summed E-state index contributed by atoms with van der Waals surface area (Å²) in [5.41, 5.74) is 5.87. The summed E-state index contributed by atoms with van der Waals surface area (Å²) in [6.45, 7) is 1.65. The van der Waals surface area contributed by atoms with Gasteiger partial charge in [-0.15, -0.1) is 0 Å². The highest BCUT2D eigenvalue weighted by atomic mass is 19.1. The fourth-order valence-corrected chi connectivity index (χ4v) is 2.25. The van der Waals surface area contributed by atoms with Crippen LogP contribution in [0.15, 0.2) is 18.2 Å². The Morgan fingerprint density at radius 2 is 2.33 bits per heavy atom. The number of carbonyl (C=O) groups excluding carboxylic acids is 1. The number of Topliss-reactive ketones (excluding diaryl/α,β-unsaturated/α-hetero) is 1. The molecule has 0 amide bonds. The maximum absolute atomic E-state index is 13.1. The van der Waals surface area contributed by atoms with Crippen molar-refractivity contribution in [2.45, 2.75) is 18.9 Å². The molecule has 0 spiro atoms. The normalized spacial score (nSPS) is 20.9. The number of halogens is 1. The fraction of sp³-hybridized carbons (Fsp3) is 0.462. The molecule has 0 radical (unpaired) electrons. The summed E-state index contributed by atoms with van der Waals surface area (Å²) in [5, 5.41) is 9.56. The first kappa shape index (κ1) is 13.0. The van der Waals surface area contributed by atoms with Gasteiger partial charge in [0.25, 0.3) is 0 Å². The first-order chi connectivity index (χ1) is 8.56. The number of rotatable bonds is 3. The Bertz CT molecular complexity index is 451. The predicted octanol–water partition coefficient (Wildman–Crippen LogP) is 1.14. The number of nitrogens with two attached hydrogens (primary N) is 1. The number of likely N-dealkylation sites (tertiary alicyclic amines) is 1. The molecule has 18 heavy (non-hydrogen) atoms. The molecule has 5 heteroatoms. The van der Waals surface area contributed by atoms with Crippen molar-refractivity contribution >= 4 is 5.78 Å². The van der Waals surface area contributed by atoms with Crippen LogP contribution in [0.4, 0.5) is 4.39 Å². The van der Waals surface area contributed by atoms with Crippen molar-refractivity contribution in [2.75, 3.05) is 19.6 Å². The van der Waals surface area contributed by atoms with Crippen LogP contribution < -0.4 is 5.73 Å². The van der Waals surface area contributed by atoms with Crippen molar-refractivity contribution in [3.05, 3.63) is 29.6 Å². The van der Waals surface area contributed by atoms with Gasteiger partial charge in [0.1, 0.15) is 11.6 Å². The smallest absolute Gasteiger partial charge is 0.180 e. The molecule has 1 unspecified atom stereocenters. The van der Waals surface area contributed by atoms with E-state index in [1.807, 2.05) is 4.90 Å². The van der Waals surface area contributed by atoms with E-state index in [1.165, 1.54) is 6.07 Å². The number of ketones is 1. The van der Waals surface area contributed by atoms with Crippen LogP contribution in [0.2, 0.25) is 0 Å². The number of piperidine rings is 1. The van der Waals surface area contributed by atoms with Gasteiger partial charge in [0.15, 0.2) is 5.78 Å². The maximum Gasteiger partial charge on any atom is 0.180 e. The van der Waals surface area contributed by atoms with Crippen LogP contribution in [0.25, 0.3) is 0 Å². The third-order valence-corrected chi connectivity index (χ3v) is 3.17. The van der Waals surface area contributed by atoms with Crippen LogP contribution in [0, 0.1) is 5.82 Å². The van der Waals surface area contributed by atoms with Gasteiger partial charge >= 0.3 is 0 Å². The lowest BCUT2D eigenvalue weighted by Crippen LogP contribution is -2.44. The number of carbonyl (C=O) groups is 1. The van der Waals surface area contributed by atoms with Gasteiger partial charge in [-0.2, -0.15) is 0 Å². The molecule has 98 valence electrons. The second-order valence-electron chi connectivity index (χ2n) is 4.72. The molecule has 3 N–H and O–H groups in total. The topological polar surface area (TPSA) is 66.6 Å². The molecule has 1 aliphatic heterocycles. The summed E-state index contributed by atoms with van der Waals surface area (Å²) in [5.74, 6) is -0.977. The van der Waals surface area contributed by atoms with Gasteiger partial charge in [-0.3, -0.25) is 9.69 Å². The zero-order valence-electron chi connectivity index (χ0n) is 10.1. The minimum atomic E-state index is -0.522. The highest BCUT2D eigenvalue weighted by Gasteiger charge is 2.21. The van der Waals surface area contributed by atoms with Gasteiger partial charge in [0.05, 0.1) is 12.1 Å². The summed E-state index contributed by atoms with van der Waals surface area (Å²) in [4.78, 5) is 13.9. The second kappa shape index (κ2) is 5.46. The molecule has 4 nitrogen and oxygen atoms in total. The number of phenols is 1. The molecular weight excluding hydrogens is 235 g/mol. The summed E-state index contributed by atoms with van der Waals surface area (Å²) in [6, 6.07) is 3.49. The zero-order chi connectivity index (χ0) is 13.1. The molecule has 1 aliphatic rings. The van der Waals surface area contributed by atoms with Crippen LogP contribution in [-0.4, -0.2) is 41.5 Å². The van der Waals surface area contributed by atoms with Gasteiger partial charge in [0.2, 0.25) is 0 Å². The van der Waals surface area contributed by atoms with Crippen molar-refractivity contribution in [2.24, 2.45) is 5.73 Å². The van der Waals surface area contributed by atoms with E-state index in [2.05, 4.69) is 0 Å². The lowest BCUT2D eigenvalue weighted by Gasteiger charge is -2.30. The Morgan fingerprint density at radius 3 is 3.06 bits per heavy atom. The van der Waals surface area contributed by atoms with Gasteiger partial charge in [-0.1, -0.05) is 0 Å². The van der Waals surface area contributed by atoms with E-state index in [1.54, 1.807) is 0 Å². The van der Waals surface area contributed by atoms with E-state index in [9.17, 15) is 14.3 Å². The van der Waals surface area contributed by atoms with Crippen LogP contribution >= 0.6 is 0 Å². The molecule has 1 saturated heterocycles. The first-order valence-electron chi connectivity index (χ1n) is 6.06. The van der Waals surface area contributed by atoms with Crippen LogP contribution in [0.5, 0.6) is 5.75 Å². The van der Waals surface area contributed by atoms with E-state index >= 15 is 0 Å². The Labute approximate surface area is 105 Å². The first-order valence-corrected chi connectivity index (χ1v) is 6.06. The third kappa shape index (κ3) is 3.05. The Kier molecular flexibility index (Phi) is 3.93. The zero-order valence-corrected chi connectivity index (χ0v) is 10.1. The predicted molar refractivity (Wildman–Crippen MR) is 66.0 cm³/mol. The van der Waals surface area contributed by atoms with Gasteiger partial charge < -0.3 is 10.8 Å². The second-order valence-corrected chi connectivity index (χ2v) is 4.72. The Hall–Kier alpha value is -1.46. The molecule has 0 aliphatic carbocycles. The molecule has 0 saturated carbocycles. The summed E-state index contributed by atoms with van der Waals surface area (Å²) >= 11 is 0. The maximum atomic E-state index is 13.1. The molecule has 1 aromatic carbocycles. The summed E-state index contributed by atoms with van der Waals surface area (Å²) in [7, 11) is 0. The SMILES string of the molecule is NC1CCCN(CC(=O)c2cc(F)ccc2O)C1. The molecule has 1 aromatic rings. The molecular formula is C13H17FN2O2. The lowest BCUT2D eigenvalue weighted by atomic mass is 10.0. The minimum absolute atomic E-state index is 0.0362. The van der Waals surface area contributed by atoms with Gasteiger partial charge in [-0.25, -0.2) is 4.39 Å². The number of benzene rings is 1. The molecule has 1 atom stereocenters. The van der Waals surface area contributed by atoms with Crippen molar-refractivity contribution < 1.29 is 14.3 Å². The molecule has 1 heterocycles. The molecule has 0 aromatic heterocycles. The Morgan fingerprint density at radius 1 is 1.56 bits per heavy atom. The monoisotopic (exact) mass is 252 g/mol. The fourth-order valence-electron chi connectivity index (χ4n) is 2.25. The van der Waals surface area contributed by atoms with E-state index in [0.717, 1.165) is 31.5 Å². The quantitative estimate of drug-likeness (QED) is 0.792. The van der Waals surface area contributed by atoms with Crippen LogP contribution in [0.3, 0.4) is 0 Å². The Balaban J connectivity index is 2.05. The lowest BCUT2D eigenvalue weighted by molar-refractivity contribution is 0.0905. The van der Waals surface area contributed by atoms with E-state index in [4.69, 9.17) is 5.73 Å². The van der Waals surface area contributed by atoms with Gasteiger partial charge in [0, 0.05) is 12.6 Å². The van der Waals surface area contributed by atoms with Crippen molar-refractivity contribution in [3.8, 4) is 5.75 Å². The molecule has 0 bridgehead atoms. The largest absolute Gasteiger partial charge is 0.507 e. The van der Waals surface area contributed by atoms with Gasteiger partial charge in [-0.05, 0) is 37.6 Å². The molecule has 1 fully saturated rings. The summed E-state index contributed by atoms with van der Waals surface area (Å²) < 4.78 is 13.1. The van der Waals surface area contributed by atoms with Crippen molar-refractivity contribution in [1.82, 2.24) is 4.90 Å². The van der Waals surface area contributed by atoms with E-state index < -0.39 is 5.82 Å². The van der Waals surface area contributed by atoms with E-state index in [0.29, 0.717) is 6.54 Å². The summed E-state index contributed by atoms with van der Waals surface area (Å²) in [6.07, 6.45) is 1.93. The highest BCUT2D eigenvalue weighted by Crippen LogP contribution is 2.19. The number of phenolic OH excluding ortho intramolecular Hbond substituents is 1.